The molecule has 0 amide bonds. The normalized spacial score (nSPS) is 14.4. The van der Waals surface area contributed by atoms with Crippen LogP contribution in [0.25, 0.3) is 0 Å². The van der Waals surface area contributed by atoms with E-state index < -0.39 is 78.6 Å². The van der Waals surface area contributed by atoms with E-state index >= 15 is 0 Å². The lowest BCUT2D eigenvalue weighted by molar-refractivity contribution is -0.388. The molecule has 15 heteroatoms. The molecule has 0 radical (unpaired) electrons. The van der Waals surface area contributed by atoms with E-state index in [1.165, 1.54) is 24.3 Å². The fourth-order valence-electron chi connectivity index (χ4n) is 4.88. The number of rotatable bonds is 6. The second-order valence-electron chi connectivity index (χ2n) is 12.0. The zero-order valence-corrected chi connectivity index (χ0v) is 24.8. The first kappa shape index (κ1) is 31.0. The number of hydrogen-bond donors (Lipinski definition) is 0. The Morgan fingerprint density at radius 1 is 0.711 bits per heavy atom. The molecular formula is C30H26N2O13. The van der Waals surface area contributed by atoms with Crippen LogP contribution >= 0.6 is 0 Å². The molecule has 0 saturated heterocycles. The van der Waals surface area contributed by atoms with Gasteiger partial charge in [-0.3, -0.25) is 30.0 Å². The molecule has 3 aromatic rings. The van der Waals surface area contributed by atoms with Gasteiger partial charge in [-0.1, -0.05) is 18.2 Å². The molecule has 2 heterocycles. The van der Waals surface area contributed by atoms with E-state index in [1.54, 1.807) is 53.7 Å². The Kier molecular flexibility index (Phi) is 7.34. The summed E-state index contributed by atoms with van der Waals surface area (Å²) in [6.07, 6.45) is 0. The third kappa shape index (κ3) is 5.32. The van der Waals surface area contributed by atoms with Crippen LogP contribution in [0.1, 0.15) is 89.3 Å². The van der Waals surface area contributed by atoms with E-state index in [4.69, 9.17) is 29.0 Å². The van der Waals surface area contributed by atoms with Gasteiger partial charge in [-0.15, -0.1) is 0 Å². The van der Waals surface area contributed by atoms with Crippen molar-refractivity contribution >= 4 is 29.3 Å². The van der Waals surface area contributed by atoms with E-state index in [-0.39, 0.29) is 22.3 Å². The minimum absolute atomic E-state index is 0.0748. The summed E-state index contributed by atoms with van der Waals surface area (Å²) in [4.78, 5) is 82.1. The molecule has 0 aromatic heterocycles. The topological polar surface area (TPSA) is 193 Å². The largest absolute Gasteiger partial charge is 0.442 e. The highest BCUT2D eigenvalue weighted by molar-refractivity contribution is 6.00. The maximum atomic E-state index is 13.2. The Morgan fingerprint density at radius 3 is 1.58 bits per heavy atom. The van der Waals surface area contributed by atoms with Crippen molar-refractivity contribution in [2.24, 2.45) is 0 Å². The third-order valence-electron chi connectivity index (χ3n) is 6.54. The van der Waals surface area contributed by atoms with Crippen molar-refractivity contribution in [2.75, 3.05) is 0 Å². The second kappa shape index (κ2) is 10.6. The zero-order valence-electron chi connectivity index (χ0n) is 24.8. The summed E-state index contributed by atoms with van der Waals surface area (Å²) < 4.78 is 11.8. The first-order valence-electron chi connectivity index (χ1n) is 13.4. The molecule has 2 aliphatic rings. The fraction of sp³-hybridized carbons (Fsp3) is 0.300. The average molecular weight is 623 g/mol. The van der Waals surface area contributed by atoms with E-state index in [1.807, 2.05) is 0 Å². The number of carbonyl (C=O) groups is 3. The summed E-state index contributed by atoms with van der Waals surface area (Å²) in [5.41, 5.74) is -7.12. The van der Waals surface area contributed by atoms with Gasteiger partial charge in [-0.2, -0.15) is 9.78 Å². The van der Waals surface area contributed by atoms with Gasteiger partial charge >= 0.3 is 29.3 Å². The zero-order chi connectivity index (χ0) is 33.1. The number of nitro benzene ring substituents is 2. The van der Waals surface area contributed by atoms with Gasteiger partial charge in [0.1, 0.15) is 22.3 Å². The van der Waals surface area contributed by atoms with Gasteiger partial charge in [-0.05, 0) is 71.9 Å². The molecule has 0 N–H and O–H groups in total. The Labute approximate surface area is 254 Å². The summed E-state index contributed by atoms with van der Waals surface area (Å²) in [6, 6.07) is 10.7. The molecule has 3 aromatic carbocycles. The van der Waals surface area contributed by atoms with E-state index in [9.17, 15) is 34.6 Å². The van der Waals surface area contributed by atoms with Gasteiger partial charge in [0.25, 0.3) is 0 Å². The summed E-state index contributed by atoms with van der Waals surface area (Å²) in [5, 5.41) is 25.1. The summed E-state index contributed by atoms with van der Waals surface area (Å²) >= 11 is 0. The average Bonchev–Trinajstić information content (AvgIpc) is 3.25. The molecule has 0 unspecified atom stereocenters. The van der Waals surface area contributed by atoms with Crippen molar-refractivity contribution in [1.82, 2.24) is 0 Å². The number of hydrogen-bond acceptors (Lipinski definition) is 13. The minimum atomic E-state index is -2.03. The van der Waals surface area contributed by atoms with Crippen molar-refractivity contribution in [3.05, 3.63) is 102 Å². The Bertz CT molecular complexity index is 1700. The summed E-state index contributed by atoms with van der Waals surface area (Å²) in [6.45, 7) is 9.45. The fourth-order valence-corrected chi connectivity index (χ4v) is 4.88. The lowest BCUT2D eigenvalue weighted by atomic mass is 9.76. The monoisotopic (exact) mass is 622 g/mol. The van der Waals surface area contributed by atoms with Crippen LogP contribution in [-0.4, -0.2) is 39.0 Å². The first-order valence-corrected chi connectivity index (χ1v) is 13.4. The van der Waals surface area contributed by atoms with Crippen molar-refractivity contribution in [2.45, 2.75) is 58.3 Å². The Balaban J connectivity index is 1.81. The molecular weight excluding hydrogens is 596 g/mol. The van der Waals surface area contributed by atoms with Gasteiger partial charge in [-0.25, -0.2) is 14.4 Å². The van der Waals surface area contributed by atoms with E-state index in [0.717, 1.165) is 12.1 Å². The van der Waals surface area contributed by atoms with E-state index in [0.29, 0.717) is 0 Å². The van der Waals surface area contributed by atoms with Gasteiger partial charge < -0.3 is 9.47 Å². The van der Waals surface area contributed by atoms with Crippen LogP contribution in [0, 0.1) is 20.2 Å². The van der Waals surface area contributed by atoms with Gasteiger partial charge in [0.15, 0.2) is 5.60 Å². The van der Waals surface area contributed by atoms with Crippen molar-refractivity contribution in [3.63, 3.8) is 0 Å². The van der Waals surface area contributed by atoms with Crippen molar-refractivity contribution < 1.29 is 53.3 Å². The number of benzene rings is 3. The van der Waals surface area contributed by atoms with Crippen LogP contribution in [0.15, 0.2) is 48.5 Å². The molecule has 0 aliphatic carbocycles. The molecule has 234 valence electrons. The number of fused-ring (bicyclic) bond motifs is 6. The van der Waals surface area contributed by atoms with E-state index in [2.05, 4.69) is 0 Å². The standard InChI is InChI=1S/C30H26N2O13/c1-28(2,3)44-42-26(34)16-11-13-19-23(21(16)31(36)37)40-24-20(30(19)18-10-8-7-9-15(18)25(33)41-30)14-12-17(22(24)32(38)39)27(35)43-45-29(4,5)6/h7-14H,1-6H3. The molecule has 1 spiro atoms. The van der Waals surface area contributed by atoms with Crippen LogP contribution < -0.4 is 4.74 Å². The number of nitrogens with zero attached hydrogens (tertiary/aromatic N) is 2. The predicted octanol–water partition coefficient (Wildman–Crippen LogP) is 5.84. The highest BCUT2D eigenvalue weighted by Crippen LogP contribution is 2.60. The summed E-state index contributed by atoms with van der Waals surface area (Å²) in [7, 11) is 0. The van der Waals surface area contributed by atoms with Crippen LogP contribution in [0.4, 0.5) is 11.4 Å². The molecule has 0 fully saturated rings. The van der Waals surface area contributed by atoms with Crippen LogP contribution in [0.2, 0.25) is 0 Å². The first-order chi connectivity index (χ1) is 21.0. The maximum absolute atomic E-state index is 13.2. The SMILES string of the molecule is CC(C)(C)OOC(=O)c1ccc2c(c1[N+](=O)[O-])Oc1c(ccc(C(=O)OOC(C)(C)C)c1[N+](=O)[O-])C21OC(=O)c2ccccc21. The highest BCUT2D eigenvalue weighted by Gasteiger charge is 2.57. The Hall–Kier alpha value is -5.41. The number of esters is 1. The molecule has 0 saturated carbocycles. The maximum Gasteiger partial charge on any atom is 0.380 e. The smallest absolute Gasteiger partial charge is 0.380 e. The van der Waals surface area contributed by atoms with Crippen LogP contribution in [0.3, 0.4) is 0 Å². The molecule has 15 nitrogen and oxygen atoms in total. The third-order valence-corrected chi connectivity index (χ3v) is 6.54. The lowest BCUT2D eigenvalue weighted by Crippen LogP contribution is -2.34. The minimum Gasteiger partial charge on any atom is -0.442 e. The molecule has 45 heavy (non-hydrogen) atoms. The number of ether oxygens (including phenoxy) is 2. The molecule has 0 atom stereocenters. The van der Waals surface area contributed by atoms with Crippen LogP contribution in [-0.2, 0) is 29.9 Å². The lowest BCUT2D eigenvalue weighted by Gasteiger charge is -2.36. The van der Waals surface area contributed by atoms with Crippen molar-refractivity contribution in [1.29, 1.82) is 0 Å². The quantitative estimate of drug-likeness (QED) is 0.138. The number of nitro groups is 2. The number of carbonyl (C=O) groups excluding carboxylic acids is 3. The van der Waals surface area contributed by atoms with Gasteiger partial charge in [0.05, 0.1) is 26.5 Å². The molecule has 5 rings (SSSR count). The second-order valence-corrected chi connectivity index (χ2v) is 12.0. The van der Waals surface area contributed by atoms with Crippen molar-refractivity contribution in [3.8, 4) is 11.5 Å². The predicted molar refractivity (Wildman–Crippen MR) is 151 cm³/mol. The Morgan fingerprint density at radius 2 is 1.16 bits per heavy atom. The molecule has 0 bridgehead atoms. The van der Waals surface area contributed by atoms with Gasteiger partial charge in [0.2, 0.25) is 11.5 Å². The van der Waals surface area contributed by atoms with Crippen LogP contribution in [0.5, 0.6) is 11.5 Å². The van der Waals surface area contributed by atoms with Gasteiger partial charge in [0, 0.05) is 5.56 Å². The molecule has 2 aliphatic heterocycles. The summed E-state index contributed by atoms with van der Waals surface area (Å²) in [5.74, 6) is -4.70. The highest BCUT2D eigenvalue weighted by atomic mass is 17.2.